The van der Waals surface area contributed by atoms with Crippen molar-refractivity contribution in [2.45, 2.75) is 20.4 Å². The lowest BCUT2D eigenvalue weighted by atomic mass is 10.1. The fourth-order valence-electron chi connectivity index (χ4n) is 1.81. The summed E-state index contributed by atoms with van der Waals surface area (Å²) in [4.78, 5) is 13.8. The van der Waals surface area contributed by atoms with Gasteiger partial charge in [0, 0.05) is 27.7 Å². The van der Waals surface area contributed by atoms with Crippen molar-refractivity contribution in [1.29, 1.82) is 0 Å². The molecule has 19 heavy (non-hydrogen) atoms. The number of aryl methyl sites for hydroxylation is 2. The number of benzene rings is 1. The number of carbonyl (C=O) groups is 1. The molecular weight excluding hydrogens is 258 g/mol. The minimum Gasteiger partial charge on any atom is -0.398 e. The fourth-order valence-corrected chi connectivity index (χ4v) is 2.80. The summed E-state index contributed by atoms with van der Waals surface area (Å²) in [6.45, 7) is 4.93. The first-order chi connectivity index (χ1) is 8.97. The molecule has 1 amide bonds. The van der Waals surface area contributed by atoms with E-state index in [1.54, 1.807) is 23.5 Å². The Labute approximate surface area is 116 Å². The number of thiophene rings is 1. The van der Waals surface area contributed by atoms with Crippen LogP contribution in [-0.2, 0) is 6.54 Å². The largest absolute Gasteiger partial charge is 0.398 e. The van der Waals surface area contributed by atoms with E-state index < -0.39 is 5.91 Å². The minimum absolute atomic E-state index is 0.351. The molecule has 0 fully saturated rings. The molecule has 0 aliphatic heterocycles. The van der Waals surface area contributed by atoms with Crippen LogP contribution in [0.2, 0.25) is 0 Å². The molecule has 5 N–H and O–H groups in total. The normalized spacial score (nSPS) is 10.4. The lowest BCUT2D eigenvalue weighted by Gasteiger charge is -2.08. The van der Waals surface area contributed by atoms with E-state index in [2.05, 4.69) is 25.2 Å². The van der Waals surface area contributed by atoms with E-state index in [1.165, 1.54) is 15.3 Å². The predicted molar refractivity (Wildman–Crippen MR) is 80.5 cm³/mol. The first-order valence-electron chi connectivity index (χ1n) is 5.96. The van der Waals surface area contributed by atoms with Gasteiger partial charge in [0.25, 0.3) is 5.91 Å². The molecule has 5 heteroatoms. The number of anilines is 2. The molecule has 0 aliphatic rings. The third-order valence-corrected chi connectivity index (χ3v) is 4.16. The van der Waals surface area contributed by atoms with Crippen LogP contribution >= 0.6 is 11.3 Å². The summed E-state index contributed by atoms with van der Waals surface area (Å²) >= 11 is 1.77. The molecule has 0 saturated carbocycles. The number of carbonyl (C=O) groups excluding carboxylic acids is 1. The van der Waals surface area contributed by atoms with E-state index in [0.717, 1.165) is 12.2 Å². The Morgan fingerprint density at radius 1 is 1.32 bits per heavy atom. The molecular formula is C14H17N3OS. The van der Waals surface area contributed by atoms with Crippen molar-refractivity contribution in [2.24, 2.45) is 5.73 Å². The zero-order valence-electron chi connectivity index (χ0n) is 11.0. The number of hydrogen-bond acceptors (Lipinski definition) is 4. The second-order valence-corrected chi connectivity index (χ2v) is 5.81. The Hall–Kier alpha value is -2.01. The number of nitrogens with two attached hydrogens (primary N) is 2. The van der Waals surface area contributed by atoms with Crippen LogP contribution in [0.4, 0.5) is 11.4 Å². The highest BCUT2D eigenvalue weighted by Crippen LogP contribution is 2.23. The summed E-state index contributed by atoms with van der Waals surface area (Å²) in [6.07, 6.45) is 0. The molecule has 0 aliphatic carbocycles. The quantitative estimate of drug-likeness (QED) is 0.750. The van der Waals surface area contributed by atoms with Crippen LogP contribution in [0.3, 0.4) is 0 Å². The molecule has 1 aromatic carbocycles. The highest BCUT2D eigenvalue weighted by molar-refractivity contribution is 7.12. The Bertz CT molecular complexity index is 600. The highest BCUT2D eigenvalue weighted by Gasteiger charge is 2.07. The highest BCUT2D eigenvalue weighted by atomic mass is 32.1. The Morgan fingerprint density at radius 2 is 2.05 bits per heavy atom. The second kappa shape index (κ2) is 5.32. The van der Waals surface area contributed by atoms with Crippen LogP contribution < -0.4 is 16.8 Å². The maximum atomic E-state index is 11.2. The van der Waals surface area contributed by atoms with Crippen LogP contribution in [0.5, 0.6) is 0 Å². The molecule has 2 aromatic rings. The molecule has 0 spiro atoms. The van der Waals surface area contributed by atoms with Gasteiger partial charge in [0.05, 0.1) is 5.56 Å². The molecule has 0 saturated heterocycles. The maximum Gasteiger partial charge on any atom is 0.250 e. The average molecular weight is 275 g/mol. The summed E-state index contributed by atoms with van der Waals surface area (Å²) in [5.41, 5.74) is 13.9. The number of hydrogen-bond donors (Lipinski definition) is 3. The van der Waals surface area contributed by atoms with Gasteiger partial charge in [-0.15, -0.1) is 11.3 Å². The molecule has 1 heterocycles. The fraction of sp³-hybridized carbons (Fsp3) is 0.214. The Balaban J connectivity index is 2.11. The topological polar surface area (TPSA) is 81.1 Å². The minimum atomic E-state index is -0.510. The summed E-state index contributed by atoms with van der Waals surface area (Å²) in [5.74, 6) is -0.510. The zero-order chi connectivity index (χ0) is 14.0. The lowest BCUT2D eigenvalue weighted by Crippen LogP contribution is -2.14. The summed E-state index contributed by atoms with van der Waals surface area (Å²) in [7, 11) is 0. The van der Waals surface area contributed by atoms with Crippen LogP contribution in [0, 0.1) is 13.8 Å². The van der Waals surface area contributed by atoms with E-state index in [9.17, 15) is 4.79 Å². The van der Waals surface area contributed by atoms with Crippen molar-refractivity contribution < 1.29 is 4.79 Å². The molecule has 0 radical (unpaired) electrons. The summed E-state index contributed by atoms with van der Waals surface area (Å²) in [5, 5.41) is 3.27. The summed E-state index contributed by atoms with van der Waals surface area (Å²) in [6, 6.07) is 7.38. The molecule has 1 aromatic heterocycles. The van der Waals surface area contributed by atoms with Crippen molar-refractivity contribution in [3.63, 3.8) is 0 Å². The van der Waals surface area contributed by atoms with Gasteiger partial charge in [-0.2, -0.15) is 0 Å². The van der Waals surface area contributed by atoms with E-state index in [4.69, 9.17) is 11.5 Å². The van der Waals surface area contributed by atoms with Crippen molar-refractivity contribution in [3.05, 3.63) is 45.1 Å². The third kappa shape index (κ3) is 3.06. The average Bonchev–Trinajstić information content (AvgIpc) is 2.67. The van der Waals surface area contributed by atoms with Crippen LogP contribution in [0.1, 0.15) is 25.7 Å². The number of primary amides is 1. The van der Waals surface area contributed by atoms with Gasteiger partial charge in [-0.05, 0) is 43.7 Å². The number of nitrogens with one attached hydrogen (secondary N) is 1. The third-order valence-electron chi connectivity index (χ3n) is 3.00. The summed E-state index contributed by atoms with van der Waals surface area (Å²) < 4.78 is 0. The van der Waals surface area contributed by atoms with Gasteiger partial charge in [0.1, 0.15) is 0 Å². The standard InChI is InChI=1S/C14H17N3OS/c1-8-5-11(19-9(8)2)7-17-10-3-4-13(15)12(6-10)14(16)18/h3-6,17H,7,15H2,1-2H3,(H2,16,18). The van der Waals surface area contributed by atoms with Crippen molar-refractivity contribution >= 4 is 28.6 Å². The molecule has 2 rings (SSSR count). The molecule has 0 bridgehead atoms. The SMILES string of the molecule is Cc1cc(CNc2ccc(N)c(C(N)=O)c2)sc1C. The molecule has 0 unspecified atom stereocenters. The molecule has 4 nitrogen and oxygen atoms in total. The van der Waals surface area contributed by atoms with Gasteiger partial charge in [-0.3, -0.25) is 4.79 Å². The van der Waals surface area contributed by atoms with E-state index in [0.29, 0.717) is 11.3 Å². The van der Waals surface area contributed by atoms with E-state index in [-0.39, 0.29) is 0 Å². The first-order valence-corrected chi connectivity index (χ1v) is 6.78. The maximum absolute atomic E-state index is 11.2. The predicted octanol–water partition coefficient (Wildman–Crippen LogP) is 2.66. The lowest BCUT2D eigenvalue weighted by molar-refractivity contribution is 0.100. The van der Waals surface area contributed by atoms with Crippen LogP contribution in [0.25, 0.3) is 0 Å². The Kier molecular flexibility index (Phi) is 3.76. The number of rotatable bonds is 4. The second-order valence-electron chi connectivity index (χ2n) is 4.47. The van der Waals surface area contributed by atoms with E-state index >= 15 is 0 Å². The van der Waals surface area contributed by atoms with Crippen molar-refractivity contribution in [1.82, 2.24) is 0 Å². The Morgan fingerprint density at radius 3 is 2.63 bits per heavy atom. The van der Waals surface area contributed by atoms with Crippen LogP contribution in [0.15, 0.2) is 24.3 Å². The van der Waals surface area contributed by atoms with E-state index in [1.807, 2.05) is 6.07 Å². The van der Waals surface area contributed by atoms with Gasteiger partial charge in [0.2, 0.25) is 0 Å². The van der Waals surface area contributed by atoms with Gasteiger partial charge in [-0.1, -0.05) is 0 Å². The monoisotopic (exact) mass is 275 g/mol. The van der Waals surface area contributed by atoms with Crippen molar-refractivity contribution in [2.75, 3.05) is 11.1 Å². The van der Waals surface area contributed by atoms with Gasteiger partial charge < -0.3 is 16.8 Å². The number of nitrogen functional groups attached to an aromatic ring is 1. The van der Waals surface area contributed by atoms with Gasteiger partial charge >= 0.3 is 0 Å². The van der Waals surface area contributed by atoms with Gasteiger partial charge in [0.15, 0.2) is 0 Å². The smallest absolute Gasteiger partial charge is 0.250 e. The molecule has 0 atom stereocenters. The van der Waals surface area contributed by atoms with Gasteiger partial charge in [-0.25, -0.2) is 0 Å². The first kappa shape index (κ1) is 13.4. The van der Waals surface area contributed by atoms with Crippen LogP contribution in [-0.4, -0.2) is 5.91 Å². The van der Waals surface area contributed by atoms with Crippen molar-refractivity contribution in [3.8, 4) is 0 Å². The zero-order valence-corrected chi connectivity index (χ0v) is 11.8. The molecule has 100 valence electrons. The number of amides is 1.